The SMILES string of the molecule is COc1cccc(NC(=O)N2CCC3(CC2)NC(=O)c2c(Cl)cccc2N3)c1. The summed E-state index contributed by atoms with van der Waals surface area (Å²) in [6.07, 6.45) is 1.19. The van der Waals surface area contributed by atoms with Crippen LogP contribution in [0.3, 0.4) is 0 Å². The summed E-state index contributed by atoms with van der Waals surface area (Å²) in [5.41, 5.74) is 1.30. The highest BCUT2D eigenvalue weighted by Crippen LogP contribution is 2.34. The van der Waals surface area contributed by atoms with Gasteiger partial charge in [-0.3, -0.25) is 4.79 Å². The summed E-state index contributed by atoms with van der Waals surface area (Å²) in [6, 6.07) is 12.4. The number of methoxy groups -OCH3 is 1. The first-order valence-corrected chi connectivity index (χ1v) is 9.47. The largest absolute Gasteiger partial charge is 0.497 e. The molecular weight excluding hydrogens is 380 g/mol. The second kappa shape index (κ2) is 7.24. The summed E-state index contributed by atoms with van der Waals surface area (Å²) in [4.78, 5) is 26.9. The molecule has 2 aromatic rings. The van der Waals surface area contributed by atoms with Gasteiger partial charge in [0.25, 0.3) is 5.91 Å². The molecule has 146 valence electrons. The summed E-state index contributed by atoms with van der Waals surface area (Å²) in [6.45, 7) is 1.03. The van der Waals surface area contributed by atoms with Crippen molar-refractivity contribution in [2.24, 2.45) is 0 Å². The van der Waals surface area contributed by atoms with Gasteiger partial charge in [-0.15, -0.1) is 0 Å². The van der Waals surface area contributed by atoms with Crippen LogP contribution in [0.15, 0.2) is 42.5 Å². The minimum Gasteiger partial charge on any atom is -0.497 e. The number of carbonyl (C=O) groups is 2. The molecule has 3 N–H and O–H groups in total. The third-order valence-electron chi connectivity index (χ3n) is 5.19. The molecule has 7 nitrogen and oxygen atoms in total. The quantitative estimate of drug-likeness (QED) is 0.720. The van der Waals surface area contributed by atoms with E-state index in [1.807, 2.05) is 30.3 Å². The number of urea groups is 1. The number of likely N-dealkylation sites (tertiary alicyclic amines) is 1. The van der Waals surface area contributed by atoms with Gasteiger partial charge in [-0.2, -0.15) is 0 Å². The molecule has 8 heteroatoms. The van der Waals surface area contributed by atoms with Gasteiger partial charge in [0.15, 0.2) is 0 Å². The highest BCUT2D eigenvalue weighted by molar-refractivity contribution is 6.34. The van der Waals surface area contributed by atoms with E-state index in [-0.39, 0.29) is 11.9 Å². The van der Waals surface area contributed by atoms with Crippen LogP contribution in [0.4, 0.5) is 16.2 Å². The van der Waals surface area contributed by atoms with E-state index in [0.717, 1.165) is 5.69 Å². The molecule has 0 atom stereocenters. The lowest BCUT2D eigenvalue weighted by atomic mass is 9.92. The van der Waals surface area contributed by atoms with Crippen LogP contribution < -0.4 is 20.7 Å². The van der Waals surface area contributed by atoms with Crippen molar-refractivity contribution < 1.29 is 14.3 Å². The zero-order valence-electron chi connectivity index (χ0n) is 15.4. The van der Waals surface area contributed by atoms with Crippen molar-refractivity contribution in [1.29, 1.82) is 0 Å². The Kier molecular flexibility index (Phi) is 4.77. The summed E-state index contributed by atoms with van der Waals surface area (Å²) in [5.74, 6) is 0.496. The van der Waals surface area contributed by atoms with Gasteiger partial charge in [-0.1, -0.05) is 23.7 Å². The Bertz CT molecular complexity index is 925. The third-order valence-corrected chi connectivity index (χ3v) is 5.51. The van der Waals surface area contributed by atoms with Crippen LogP contribution in [-0.4, -0.2) is 42.7 Å². The van der Waals surface area contributed by atoms with Crippen LogP contribution in [0.1, 0.15) is 23.2 Å². The van der Waals surface area contributed by atoms with Gasteiger partial charge in [0.1, 0.15) is 11.4 Å². The maximum atomic E-state index is 12.6. The first-order valence-electron chi connectivity index (χ1n) is 9.09. The molecule has 3 amide bonds. The van der Waals surface area contributed by atoms with Crippen molar-refractivity contribution in [3.05, 3.63) is 53.1 Å². The number of carbonyl (C=O) groups excluding carboxylic acids is 2. The summed E-state index contributed by atoms with van der Waals surface area (Å²) in [7, 11) is 1.59. The minimum absolute atomic E-state index is 0.173. The molecule has 0 radical (unpaired) electrons. The van der Waals surface area contributed by atoms with E-state index >= 15 is 0 Å². The molecule has 2 aliphatic heterocycles. The Morgan fingerprint density at radius 2 is 1.93 bits per heavy atom. The number of piperidine rings is 1. The van der Waals surface area contributed by atoms with Crippen molar-refractivity contribution in [2.45, 2.75) is 18.5 Å². The Labute approximate surface area is 168 Å². The molecule has 4 rings (SSSR count). The molecule has 1 fully saturated rings. The molecule has 0 aromatic heterocycles. The van der Waals surface area contributed by atoms with Gasteiger partial charge in [0.2, 0.25) is 0 Å². The predicted molar refractivity (Wildman–Crippen MR) is 108 cm³/mol. The first-order chi connectivity index (χ1) is 13.5. The number of fused-ring (bicyclic) bond motifs is 1. The number of nitrogens with zero attached hydrogens (tertiary/aromatic N) is 1. The average molecular weight is 401 g/mol. The van der Waals surface area contributed by atoms with Gasteiger partial charge in [-0.05, 0) is 24.3 Å². The van der Waals surface area contributed by atoms with Gasteiger partial charge < -0.3 is 25.6 Å². The number of hydrogen-bond acceptors (Lipinski definition) is 4. The van der Waals surface area contributed by atoms with Crippen LogP contribution in [0.25, 0.3) is 0 Å². The van der Waals surface area contributed by atoms with Crippen molar-refractivity contribution >= 4 is 34.9 Å². The Hall–Kier alpha value is -2.93. The molecule has 0 bridgehead atoms. The highest BCUT2D eigenvalue weighted by Gasteiger charge is 2.41. The van der Waals surface area contributed by atoms with Crippen LogP contribution in [0.5, 0.6) is 5.75 Å². The second-order valence-electron chi connectivity index (χ2n) is 6.97. The summed E-state index contributed by atoms with van der Waals surface area (Å²) in [5, 5.41) is 9.78. The zero-order valence-corrected chi connectivity index (χ0v) is 16.2. The molecule has 0 unspecified atom stereocenters. The minimum atomic E-state index is -0.568. The van der Waals surface area contributed by atoms with Crippen molar-refractivity contribution in [1.82, 2.24) is 10.2 Å². The molecular formula is C20H21ClN4O3. The highest BCUT2D eigenvalue weighted by atomic mass is 35.5. The molecule has 0 saturated carbocycles. The van der Waals surface area contributed by atoms with Gasteiger partial charge in [0, 0.05) is 37.7 Å². The predicted octanol–water partition coefficient (Wildman–Crippen LogP) is 3.53. The van der Waals surface area contributed by atoms with E-state index in [2.05, 4.69) is 16.0 Å². The molecule has 0 aliphatic carbocycles. The van der Waals surface area contributed by atoms with E-state index in [1.54, 1.807) is 24.1 Å². The Morgan fingerprint density at radius 3 is 2.68 bits per heavy atom. The normalized spacial score (nSPS) is 17.4. The number of benzene rings is 2. The van der Waals surface area contributed by atoms with Crippen molar-refractivity contribution in [3.8, 4) is 5.75 Å². The maximum Gasteiger partial charge on any atom is 0.321 e. The van der Waals surface area contributed by atoms with Gasteiger partial charge in [0.05, 0.1) is 23.4 Å². The van der Waals surface area contributed by atoms with Gasteiger partial charge in [-0.25, -0.2) is 4.79 Å². The fourth-order valence-corrected chi connectivity index (χ4v) is 3.93. The Balaban J connectivity index is 1.42. The fourth-order valence-electron chi connectivity index (χ4n) is 3.67. The summed E-state index contributed by atoms with van der Waals surface area (Å²) < 4.78 is 5.18. The number of hydrogen-bond donors (Lipinski definition) is 3. The van der Waals surface area contributed by atoms with Gasteiger partial charge >= 0.3 is 6.03 Å². The molecule has 2 heterocycles. The lowest BCUT2D eigenvalue weighted by Gasteiger charge is -2.45. The first kappa shape index (κ1) is 18.4. The van der Waals surface area contributed by atoms with Crippen LogP contribution in [-0.2, 0) is 0 Å². The van der Waals surface area contributed by atoms with Crippen molar-refractivity contribution in [3.63, 3.8) is 0 Å². The smallest absolute Gasteiger partial charge is 0.321 e. The van der Waals surface area contributed by atoms with E-state index in [1.165, 1.54) is 0 Å². The third kappa shape index (κ3) is 3.45. The van der Waals surface area contributed by atoms with Crippen LogP contribution in [0, 0.1) is 0 Å². The van der Waals surface area contributed by atoms with Crippen molar-refractivity contribution in [2.75, 3.05) is 30.8 Å². The maximum absolute atomic E-state index is 12.6. The fraction of sp³-hybridized carbons (Fsp3) is 0.300. The standard InChI is InChI=1S/C20H21ClN4O3/c1-28-14-5-2-4-13(12-14)22-19(27)25-10-8-20(9-11-25)23-16-7-3-6-15(21)17(16)18(26)24-20/h2-7,12,23H,8-11H2,1H3,(H,22,27)(H,24,26). The topological polar surface area (TPSA) is 82.7 Å². The molecule has 2 aliphatic rings. The lowest BCUT2D eigenvalue weighted by Crippen LogP contribution is -2.63. The van der Waals surface area contributed by atoms with E-state index in [4.69, 9.17) is 16.3 Å². The van der Waals surface area contributed by atoms with Crippen LogP contribution >= 0.6 is 11.6 Å². The number of ether oxygens (including phenoxy) is 1. The van der Waals surface area contributed by atoms with E-state index in [9.17, 15) is 9.59 Å². The summed E-state index contributed by atoms with van der Waals surface area (Å²) >= 11 is 6.16. The number of amides is 3. The number of anilines is 2. The molecule has 2 aromatic carbocycles. The van der Waals surface area contributed by atoms with E-state index < -0.39 is 5.66 Å². The second-order valence-corrected chi connectivity index (χ2v) is 7.38. The van der Waals surface area contributed by atoms with Crippen LogP contribution in [0.2, 0.25) is 5.02 Å². The average Bonchev–Trinajstić information content (AvgIpc) is 2.68. The number of halogens is 1. The molecule has 1 saturated heterocycles. The monoisotopic (exact) mass is 400 g/mol. The lowest BCUT2D eigenvalue weighted by molar-refractivity contribution is 0.0852. The number of rotatable bonds is 2. The van der Waals surface area contributed by atoms with E-state index in [0.29, 0.717) is 48.0 Å². The molecule has 28 heavy (non-hydrogen) atoms. The zero-order chi connectivity index (χ0) is 19.7. The molecule has 1 spiro atoms. The Morgan fingerprint density at radius 1 is 1.18 bits per heavy atom. The number of nitrogens with one attached hydrogen (secondary N) is 3.